The summed E-state index contributed by atoms with van der Waals surface area (Å²) in [6.07, 6.45) is -0.160. The minimum atomic E-state index is -0.586. The van der Waals surface area contributed by atoms with E-state index in [0.29, 0.717) is 23.0 Å². The zero-order valence-corrected chi connectivity index (χ0v) is 12.8. The summed E-state index contributed by atoms with van der Waals surface area (Å²) in [4.78, 5) is 16.4. The van der Waals surface area contributed by atoms with E-state index in [9.17, 15) is 9.90 Å². The van der Waals surface area contributed by atoms with E-state index in [2.05, 4.69) is 15.6 Å². The van der Waals surface area contributed by atoms with Crippen LogP contribution >= 0.6 is 11.3 Å². The third-order valence-corrected chi connectivity index (χ3v) is 3.40. The van der Waals surface area contributed by atoms with Crippen LogP contribution in [0, 0.1) is 0 Å². The van der Waals surface area contributed by atoms with Gasteiger partial charge in [0.1, 0.15) is 10.7 Å². The molecule has 8 heteroatoms. The van der Waals surface area contributed by atoms with Crippen molar-refractivity contribution in [3.8, 4) is 0 Å². The number of aromatic nitrogens is 1. The Labute approximate surface area is 122 Å². The van der Waals surface area contributed by atoms with Gasteiger partial charge in [0, 0.05) is 19.7 Å². The number of thiazole rings is 1. The fourth-order valence-corrected chi connectivity index (χ4v) is 2.46. The Morgan fingerprint density at radius 2 is 2.25 bits per heavy atom. The van der Waals surface area contributed by atoms with E-state index in [-0.39, 0.29) is 24.4 Å². The smallest absolute Gasteiger partial charge is 0.265 e. The molecule has 1 amide bonds. The highest BCUT2D eigenvalue weighted by Gasteiger charge is 2.16. The molecule has 114 valence electrons. The maximum Gasteiger partial charge on any atom is 0.265 e. The number of nitrogen functional groups attached to an aromatic ring is 1. The van der Waals surface area contributed by atoms with Crippen molar-refractivity contribution in [3.05, 3.63) is 4.88 Å². The molecule has 1 atom stereocenters. The molecule has 5 N–H and O–H groups in total. The molecule has 7 nitrogen and oxygen atoms in total. The highest BCUT2D eigenvalue weighted by Crippen LogP contribution is 2.25. The highest BCUT2D eigenvalue weighted by molar-refractivity contribution is 7.18. The van der Waals surface area contributed by atoms with Crippen molar-refractivity contribution in [3.63, 3.8) is 0 Å². The lowest BCUT2D eigenvalue weighted by atomic mass is 10.2. The van der Waals surface area contributed by atoms with E-state index < -0.39 is 6.10 Å². The number of aliphatic hydroxyl groups is 1. The van der Waals surface area contributed by atoms with Crippen LogP contribution in [0.15, 0.2) is 0 Å². The Bertz CT molecular complexity index is 436. The Morgan fingerprint density at radius 3 is 2.85 bits per heavy atom. The largest absolute Gasteiger partial charge is 0.391 e. The lowest BCUT2D eigenvalue weighted by Crippen LogP contribution is -2.28. The molecule has 0 bridgehead atoms. The zero-order chi connectivity index (χ0) is 15.1. The molecule has 0 spiro atoms. The number of hydrogen-bond acceptors (Lipinski definition) is 7. The van der Waals surface area contributed by atoms with Gasteiger partial charge in [0.05, 0.1) is 12.7 Å². The first kappa shape index (κ1) is 16.7. The number of carbonyl (C=O) groups is 1. The summed E-state index contributed by atoms with van der Waals surface area (Å²) in [5.41, 5.74) is 5.73. The first-order valence-electron chi connectivity index (χ1n) is 6.42. The molecular formula is C12H22N4O3S. The number of hydrogen-bond donors (Lipinski definition) is 4. The van der Waals surface area contributed by atoms with Crippen LogP contribution in [0.5, 0.6) is 0 Å². The summed E-state index contributed by atoms with van der Waals surface area (Å²) in [6.45, 7) is 4.57. The van der Waals surface area contributed by atoms with Crippen LogP contribution in [0.3, 0.4) is 0 Å². The third kappa shape index (κ3) is 5.32. The summed E-state index contributed by atoms with van der Waals surface area (Å²) in [5, 5.41) is 15.9. The average Bonchev–Trinajstić information content (AvgIpc) is 2.69. The van der Waals surface area contributed by atoms with Crippen LogP contribution in [0.2, 0.25) is 0 Å². The van der Waals surface area contributed by atoms with Crippen molar-refractivity contribution < 1.29 is 14.6 Å². The van der Waals surface area contributed by atoms with Gasteiger partial charge in [-0.2, -0.15) is 0 Å². The van der Waals surface area contributed by atoms with Gasteiger partial charge in [-0.3, -0.25) is 4.79 Å². The molecule has 0 radical (unpaired) electrons. The van der Waals surface area contributed by atoms with Gasteiger partial charge in [-0.15, -0.1) is 0 Å². The van der Waals surface area contributed by atoms with Gasteiger partial charge >= 0.3 is 0 Å². The molecule has 1 aromatic rings. The van der Waals surface area contributed by atoms with Gasteiger partial charge in [-0.05, 0) is 20.3 Å². The second-order valence-corrected chi connectivity index (χ2v) is 5.69. The Morgan fingerprint density at radius 1 is 1.55 bits per heavy atom. The fourth-order valence-electron chi connectivity index (χ4n) is 1.51. The van der Waals surface area contributed by atoms with E-state index in [1.807, 2.05) is 13.8 Å². The number of ether oxygens (including phenoxy) is 1. The molecule has 0 aliphatic carbocycles. The van der Waals surface area contributed by atoms with Gasteiger partial charge in [0.2, 0.25) is 0 Å². The molecule has 20 heavy (non-hydrogen) atoms. The number of nitrogens with one attached hydrogen (secondary N) is 2. The fraction of sp³-hybridized carbons (Fsp3) is 0.667. The quantitative estimate of drug-likeness (QED) is 0.562. The van der Waals surface area contributed by atoms with Crippen molar-refractivity contribution in [2.75, 3.05) is 31.3 Å². The topological polar surface area (TPSA) is 110 Å². The second kappa shape index (κ2) is 8.03. The van der Waals surface area contributed by atoms with Crippen molar-refractivity contribution in [1.82, 2.24) is 10.3 Å². The van der Waals surface area contributed by atoms with Crippen LogP contribution in [0.4, 0.5) is 10.9 Å². The lowest BCUT2D eigenvalue weighted by molar-refractivity contribution is 0.0588. The summed E-state index contributed by atoms with van der Waals surface area (Å²) in [7, 11) is 1.52. The number of rotatable bonds is 8. The molecule has 1 rings (SSSR count). The number of aliphatic hydroxyl groups excluding tert-OH is 1. The van der Waals surface area contributed by atoms with Gasteiger partial charge in [-0.1, -0.05) is 11.3 Å². The number of nitrogens with two attached hydrogens (primary N) is 1. The Balaban J connectivity index is 2.49. The van der Waals surface area contributed by atoms with E-state index in [0.717, 1.165) is 0 Å². The predicted octanol–water partition coefficient (Wildman–Crippen LogP) is 0.673. The standard InChI is InChI=1S/C12H22N4O3S/c1-7(2)15-12-16-10(13)9(20-12)11(18)14-5-4-8(17)6-19-3/h7-8,17H,4-6,13H2,1-3H3,(H,14,18)(H,15,16). The molecule has 0 fully saturated rings. The molecule has 1 unspecified atom stereocenters. The number of nitrogens with zero attached hydrogens (tertiary/aromatic N) is 1. The van der Waals surface area contributed by atoms with Crippen LogP contribution in [0.1, 0.15) is 29.9 Å². The molecule has 0 aromatic carbocycles. The van der Waals surface area contributed by atoms with Crippen molar-refractivity contribution >= 4 is 28.2 Å². The first-order chi connectivity index (χ1) is 9.43. The molecule has 0 saturated carbocycles. The molecule has 1 heterocycles. The van der Waals surface area contributed by atoms with Gasteiger partial charge < -0.3 is 26.2 Å². The zero-order valence-electron chi connectivity index (χ0n) is 12.0. The molecule has 0 saturated heterocycles. The molecular weight excluding hydrogens is 280 g/mol. The minimum Gasteiger partial charge on any atom is -0.391 e. The van der Waals surface area contributed by atoms with Crippen LogP contribution < -0.4 is 16.4 Å². The maximum absolute atomic E-state index is 11.9. The monoisotopic (exact) mass is 302 g/mol. The third-order valence-electron chi connectivity index (χ3n) is 2.39. The molecule has 0 aliphatic heterocycles. The summed E-state index contributed by atoms with van der Waals surface area (Å²) in [6, 6.07) is 0.223. The van der Waals surface area contributed by atoms with Crippen LogP contribution in [-0.2, 0) is 4.74 Å². The summed E-state index contributed by atoms with van der Waals surface area (Å²) >= 11 is 1.22. The van der Waals surface area contributed by atoms with E-state index in [1.54, 1.807) is 0 Å². The molecule has 1 aromatic heterocycles. The second-order valence-electron chi connectivity index (χ2n) is 4.69. The summed E-state index contributed by atoms with van der Waals surface area (Å²) < 4.78 is 4.81. The highest BCUT2D eigenvalue weighted by atomic mass is 32.1. The average molecular weight is 302 g/mol. The lowest BCUT2D eigenvalue weighted by Gasteiger charge is -2.09. The van der Waals surface area contributed by atoms with Crippen molar-refractivity contribution in [2.45, 2.75) is 32.4 Å². The van der Waals surface area contributed by atoms with Crippen LogP contribution in [-0.4, -0.2) is 48.4 Å². The normalized spacial score (nSPS) is 12.4. The predicted molar refractivity (Wildman–Crippen MR) is 80.1 cm³/mol. The van der Waals surface area contributed by atoms with Gasteiger partial charge in [-0.25, -0.2) is 4.98 Å². The van der Waals surface area contributed by atoms with Gasteiger partial charge in [0.25, 0.3) is 5.91 Å². The number of amides is 1. The molecule has 0 aliphatic rings. The van der Waals surface area contributed by atoms with Crippen molar-refractivity contribution in [2.24, 2.45) is 0 Å². The SMILES string of the molecule is COCC(O)CCNC(=O)c1sc(NC(C)C)nc1N. The summed E-state index contributed by atoms with van der Waals surface area (Å²) in [5.74, 6) is -0.0606. The first-order valence-corrected chi connectivity index (χ1v) is 7.23. The number of carbonyl (C=O) groups excluding carboxylic acids is 1. The Hall–Kier alpha value is -1.38. The van der Waals surface area contributed by atoms with Crippen molar-refractivity contribution in [1.29, 1.82) is 0 Å². The van der Waals surface area contributed by atoms with Crippen LogP contribution in [0.25, 0.3) is 0 Å². The van der Waals surface area contributed by atoms with E-state index in [1.165, 1.54) is 18.4 Å². The van der Waals surface area contributed by atoms with E-state index in [4.69, 9.17) is 10.5 Å². The van der Waals surface area contributed by atoms with Gasteiger partial charge in [0.15, 0.2) is 5.13 Å². The number of methoxy groups -OCH3 is 1. The maximum atomic E-state index is 11.9. The Kier molecular flexibility index (Phi) is 6.69. The van der Waals surface area contributed by atoms with E-state index >= 15 is 0 Å². The number of anilines is 2. The minimum absolute atomic E-state index is 0.216.